The van der Waals surface area contributed by atoms with Crippen LogP contribution in [0.25, 0.3) is 0 Å². The first kappa shape index (κ1) is 17.8. The lowest BCUT2D eigenvalue weighted by atomic mass is 9.98. The van der Waals surface area contributed by atoms with E-state index in [1.165, 1.54) is 0 Å². The molecule has 3 heterocycles. The molecule has 2 aromatic heterocycles. The molecule has 0 aliphatic carbocycles. The summed E-state index contributed by atoms with van der Waals surface area (Å²) >= 11 is 5.93. The summed E-state index contributed by atoms with van der Waals surface area (Å²) in [5.41, 5.74) is 1.12. The van der Waals surface area contributed by atoms with Gasteiger partial charge in [-0.3, -0.25) is 4.79 Å². The number of rotatable bonds is 4. The smallest absolute Gasteiger partial charge is 0.289 e. The number of likely N-dealkylation sites (tertiary alicyclic amines) is 1. The Labute approximate surface area is 162 Å². The molecule has 1 aromatic carbocycles. The van der Waals surface area contributed by atoms with Crippen molar-refractivity contribution in [2.45, 2.75) is 25.2 Å². The molecule has 7 heteroatoms. The summed E-state index contributed by atoms with van der Waals surface area (Å²) < 4.78 is 7.75. The van der Waals surface area contributed by atoms with Gasteiger partial charge in [0.1, 0.15) is 5.76 Å². The van der Waals surface area contributed by atoms with Gasteiger partial charge in [-0.15, -0.1) is 0 Å². The molecular weight excluding hydrogens is 364 g/mol. The monoisotopic (exact) mass is 384 g/mol. The van der Waals surface area contributed by atoms with Crippen LogP contribution in [-0.2, 0) is 13.5 Å². The third-order valence-electron chi connectivity index (χ3n) is 4.93. The number of nitrogens with zero attached hydrogens (tertiary/aromatic N) is 4. The third kappa shape index (κ3) is 3.90. The van der Waals surface area contributed by atoms with Crippen molar-refractivity contribution >= 4 is 17.5 Å². The van der Waals surface area contributed by atoms with Gasteiger partial charge in [-0.1, -0.05) is 23.7 Å². The van der Waals surface area contributed by atoms with E-state index >= 15 is 0 Å². The third-order valence-corrected chi connectivity index (χ3v) is 5.19. The van der Waals surface area contributed by atoms with Crippen LogP contribution in [0.2, 0.25) is 5.02 Å². The number of hydrogen-bond acceptors (Lipinski definition) is 4. The summed E-state index contributed by atoms with van der Waals surface area (Å²) in [6.07, 6.45) is 7.77. The van der Waals surface area contributed by atoms with Crippen LogP contribution in [0.1, 0.15) is 46.6 Å². The summed E-state index contributed by atoms with van der Waals surface area (Å²) in [6.45, 7) is 1.34. The van der Waals surface area contributed by atoms with Gasteiger partial charge in [0.15, 0.2) is 11.7 Å². The molecule has 140 valence electrons. The zero-order valence-electron chi connectivity index (χ0n) is 15.1. The van der Waals surface area contributed by atoms with Crippen LogP contribution in [0.5, 0.6) is 0 Å². The highest BCUT2D eigenvalue weighted by molar-refractivity contribution is 6.30. The van der Waals surface area contributed by atoms with Gasteiger partial charge < -0.3 is 13.9 Å². The van der Waals surface area contributed by atoms with Crippen molar-refractivity contribution < 1.29 is 9.21 Å². The number of amides is 1. The van der Waals surface area contributed by atoms with E-state index in [-0.39, 0.29) is 11.8 Å². The Bertz CT molecular complexity index is 932. The highest BCUT2D eigenvalue weighted by Crippen LogP contribution is 2.28. The van der Waals surface area contributed by atoms with E-state index in [0.717, 1.165) is 35.7 Å². The SMILES string of the molecule is Cn1ccnc1C(=O)N1CCC[C@@H](c2ncc(Cc3ccc(Cl)cc3)o2)C1. The number of imidazole rings is 1. The van der Waals surface area contributed by atoms with E-state index in [9.17, 15) is 4.79 Å². The van der Waals surface area contributed by atoms with E-state index in [1.807, 2.05) is 36.2 Å². The first-order valence-electron chi connectivity index (χ1n) is 9.06. The number of hydrogen-bond donors (Lipinski definition) is 0. The summed E-state index contributed by atoms with van der Waals surface area (Å²) in [6, 6.07) is 7.71. The van der Waals surface area contributed by atoms with E-state index in [4.69, 9.17) is 16.0 Å². The summed E-state index contributed by atoms with van der Waals surface area (Å²) in [5.74, 6) is 2.06. The Morgan fingerprint density at radius 3 is 2.85 bits per heavy atom. The lowest BCUT2D eigenvalue weighted by Gasteiger charge is -2.31. The van der Waals surface area contributed by atoms with Gasteiger partial charge in [0.2, 0.25) is 0 Å². The number of piperidine rings is 1. The Morgan fingerprint density at radius 2 is 2.11 bits per heavy atom. The number of halogens is 1. The van der Waals surface area contributed by atoms with Crippen molar-refractivity contribution in [3.63, 3.8) is 0 Å². The predicted octanol–water partition coefficient (Wildman–Crippen LogP) is 3.67. The predicted molar refractivity (Wildman–Crippen MR) is 102 cm³/mol. The molecular formula is C20H21ClN4O2. The minimum Gasteiger partial charge on any atom is -0.445 e. The lowest BCUT2D eigenvalue weighted by molar-refractivity contribution is 0.0682. The molecule has 0 radical (unpaired) electrons. The van der Waals surface area contributed by atoms with Gasteiger partial charge in [-0.2, -0.15) is 0 Å². The molecule has 0 unspecified atom stereocenters. The molecule has 4 rings (SSSR count). The van der Waals surface area contributed by atoms with Gasteiger partial charge in [-0.25, -0.2) is 9.97 Å². The zero-order chi connectivity index (χ0) is 18.8. The number of carbonyl (C=O) groups is 1. The van der Waals surface area contributed by atoms with Crippen molar-refractivity contribution in [3.05, 3.63) is 70.9 Å². The van der Waals surface area contributed by atoms with Crippen molar-refractivity contribution in [2.24, 2.45) is 7.05 Å². The van der Waals surface area contributed by atoms with E-state index < -0.39 is 0 Å². The first-order valence-corrected chi connectivity index (χ1v) is 9.43. The van der Waals surface area contributed by atoms with Crippen molar-refractivity contribution in [3.8, 4) is 0 Å². The highest BCUT2D eigenvalue weighted by Gasteiger charge is 2.29. The van der Waals surface area contributed by atoms with E-state index in [1.54, 1.807) is 23.2 Å². The molecule has 1 amide bonds. The van der Waals surface area contributed by atoms with Crippen LogP contribution in [0, 0.1) is 0 Å². The molecule has 0 saturated carbocycles. The Hall–Kier alpha value is -2.60. The van der Waals surface area contributed by atoms with Gasteiger partial charge in [0.25, 0.3) is 5.91 Å². The maximum Gasteiger partial charge on any atom is 0.289 e. The van der Waals surface area contributed by atoms with Gasteiger partial charge in [0, 0.05) is 44.0 Å². The fourth-order valence-electron chi connectivity index (χ4n) is 3.47. The Kier molecular flexibility index (Phi) is 4.99. The van der Waals surface area contributed by atoms with Crippen LogP contribution in [0.4, 0.5) is 0 Å². The van der Waals surface area contributed by atoms with E-state index in [2.05, 4.69) is 9.97 Å². The van der Waals surface area contributed by atoms with Crippen molar-refractivity contribution in [1.29, 1.82) is 0 Å². The lowest BCUT2D eigenvalue weighted by Crippen LogP contribution is -2.40. The van der Waals surface area contributed by atoms with Gasteiger partial charge in [-0.05, 0) is 30.5 Å². The minimum atomic E-state index is -0.0415. The van der Waals surface area contributed by atoms with Gasteiger partial charge in [0.05, 0.1) is 12.1 Å². The molecule has 27 heavy (non-hydrogen) atoms. The second kappa shape index (κ2) is 7.56. The molecule has 0 bridgehead atoms. The zero-order valence-corrected chi connectivity index (χ0v) is 15.9. The average molecular weight is 385 g/mol. The second-order valence-electron chi connectivity index (χ2n) is 6.92. The average Bonchev–Trinajstić information content (AvgIpc) is 3.32. The quantitative estimate of drug-likeness (QED) is 0.688. The Balaban J connectivity index is 1.44. The second-order valence-corrected chi connectivity index (χ2v) is 7.36. The molecule has 1 atom stereocenters. The molecule has 3 aromatic rings. The molecule has 0 spiro atoms. The molecule has 6 nitrogen and oxygen atoms in total. The van der Waals surface area contributed by atoms with Crippen LogP contribution in [0.15, 0.2) is 47.3 Å². The maximum atomic E-state index is 12.7. The minimum absolute atomic E-state index is 0.0415. The summed E-state index contributed by atoms with van der Waals surface area (Å²) in [5, 5.41) is 0.719. The van der Waals surface area contributed by atoms with Crippen LogP contribution in [0.3, 0.4) is 0 Å². The topological polar surface area (TPSA) is 64.2 Å². The van der Waals surface area contributed by atoms with E-state index in [0.29, 0.717) is 24.7 Å². The summed E-state index contributed by atoms with van der Waals surface area (Å²) in [4.78, 5) is 23.2. The van der Waals surface area contributed by atoms with Crippen LogP contribution >= 0.6 is 11.6 Å². The van der Waals surface area contributed by atoms with Crippen LogP contribution < -0.4 is 0 Å². The largest absolute Gasteiger partial charge is 0.445 e. The first-order chi connectivity index (χ1) is 13.1. The highest BCUT2D eigenvalue weighted by atomic mass is 35.5. The number of benzene rings is 1. The molecule has 0 N–H and O–H groups in total. The van der Waals surface area contributed by atoms with Gasteiger partial charge >= 0.3 is 0 Å². The number of aryl methyl sites for hydroxylation is 1. The molecule has 1 aliphatic rings. The summed E-state index contributed by atoms with van der Waals surface area (Å²) in [7, 11) is 1.83. The number of carbonyl (C=O) groups excluding carboxylic acids is 1. The van der Waals surface area contributed by atoms with Crippen molar-refractivity contribution in [1.82, 2.24) is 19.4 Å². The molecule has 1 saturated heterocycles. The fourth-order valence-corrected chi connectivity index (χ4v) is 3.60. The number of oxazole rings is 1. The molecule has 1 aliphatic heterocycles. The molecule has 1 fully saturated rings. The maximum absolute atomic E-state index is 12.7. The van der Waals surface area contributed by atoms with Crippen LogP contribution in [-0.4, -0.2) is 38.4 Å². The normalized spacial score (nSPS) is 17.3. The fraction of sp³-hybridized carbons (Fsp3) is 0.350. The number of aromatic nitrogens is 3. The standard InChI is InChI=1S/C20H21ClN4O2/c1-24-10-8-22-18(24)20(26)25-9-2-3-15(13-25)19-23-12-17(27-19)11-14-4-6-16(21)7-5-14/h4-8,10,12,15H,2-3,9,11,13H2,1H3/t15-/m1/s1. The van der Waals surface area contributed by atoms with Crippen molar-refractivity contribution in [2.75, 3.05) is 13.1 Å². The Morgan fingerprint density at radius 1 is 1.30 bits per heavy atom.